The van der Waals surface area contributed by atoms with Crippen LogP contribution in [0.15, 0.2) is 41.3 Å². The first-order valence-corrected chi connectivity index (χ1v) is 11.9. The van der Waals surface area contributed by atoms with E-state index in [-0.39, 0.29) is 48.4 Å². The molecule has 2 aromatic rings. The third-order valence-corrected chi connectivity index (χ3v) is 7.49. The summed E-state index contributed by atoms with van der Waals surface area (Å²) in [5, 5.41) is 2.08. The number of hydrogen-bond donors (Lipinski definition) is 1. The van der Waals surface area contributed by atoms with Gasteiger partial charge in [-0.2, -0.15) is 30.6 Å². The molecule has 1 heterocycles. The molecular weight excluding hydrogens is 518 g/mol. The van der Waals surface area contributed by atoms with Crippen LogP contribution in [-0.4, -0.2) is 45.9 Å². The Bertz CT molecular complexity index is 1200. The van der Waals surface area contributed by atoms with Crippen LogP contribution in [0.1, 0.15) is 24.0 Å². The quantitative estimate of drug-likeness (QED) is 0.534. The van der Waals surface area contributed by atoms with E-state index in [9.17, 15) is 39.6 Å². The lowest BCUT2D eigenvalue weighted by Gasteiger charge is -2.31. The second kappa shape index (κ2) is 10.2. The summed E-state index contributed by atoms with van der Waals surface area (Å²) >= 11 is 0. The van der Waals surface area contributed by atoms with E-state index >= 15 is 0 Å². The molecule has 198 valence electrons. The fourth-order valence-corrected chi connectivity index (χ4v) is 5.47. The van der Waals surface area contributed by atoms with Crippen molar-refractivity contribution in [3.05, 3.63) is 47.5 Å². The van der Waals surface area contributed by atoms with Gasteiger partial charge in [0.1, 0.15) is 16.4 Å². The Hall–Kier alpha value is -3.00. The first kappa shape index (κ1) is 27.6. The van der Waals surface area contributed by atoms with Crippen LogP contribution in [-0.2, 0) is 27.2 Å². The maximum Gasteiger partial charge on any atom is 0.416 e. The van der Waals surface area contributed by atoms with Gasteiger partial charge in [-0.05, 0) is 43.2 Å². The molecular formula is C22H22F6N2O5S. The number of benzene rings is 2. The minimum atomic E-state index is -5.08. The molecule has 3 rings (SSSR count). The number of rotatable bonds is 6. The number of amides is 1. The Morgan fingerprint density at radius 3 is 2.11 bits per heavy atom. The molecule has 0 aromatic heterocycles. The Labute approximate surface area is 203 Å². The maximum atomic E-state index is 13.3. The molecule has 1 N–H and O–H groups in total. The molecule has 2 aromatic carbocycles. The zero-order chi connectivity index (χ0) is 26.9. The molecule has 14 heteroatoms. The van der Waals surface area contributed by atoms with Crippen molar-refractivity contribution in [1.29, 1.82) is 0 Å². The molecule has 0 radical (unpaired) electrons. The van der Waals surface area contributed by atoms with E-state index in [1.165, 1.54) is 32.4 Å². The first-order chi connectivity index (χ1) is 16.7. The minimum absolute atomic E-state index is 0.0334. The van der Waals surface area contributed by atoms with Crippen molar-refractivity contribution in [3.8, 4) is 11.5 Å². The van der Waals surface area contributed by atoms with Crippen molar-refractivity contribution in [2.45, 2.75) is 30.1 Å². The summed E-state index contributed by atoms with van der Waals surface area (Å²) in [6.07, 6.45) is -9.74. The number of ether oxygens (including phenoxy) is 2. The molecule has 0 bridgehead atoms. The van der Waals surface area contributed by atoms with Crippen molar-refractivity contribution < 1.29 is 49.0 Å². The van der Waals surface area contributed by atoms with Crippen LogP contribution in [0, 0.1) is 5.92 Å². The average Bonchev–Trinajstić information content (AvgIpc) is 2.82. The van der Waals surface area contributed by atoms with Crippen LogP contribution in [0.4, 0.5) is 32.0 Å². The Balaban J connectivity index is 1.86. The molecule has 0 unspecified atom stereocenters. The van der Waals surface area contributed by atoms with Gasteiger partial charge in [-0.1, -0.05) is 0 Å². The van der Waals surface area contributed by atoms with Gasteiger partial charge in [-0.15, -0.1) is 0 Å². The number of alkyl halides is 6. The monoisotopic (exact) mass is 540 g/mol. The molecule has 1 aliphatic heterocycles. The van der Waals surface area contributed by atoms with E-state index in [4.69, 9.17) is 9.47 Å². The van der Waals surface area contributed by atoms with Gasteiger partial charge in [0.05, 0.1) is 31.3 Å². The molecule has 1 atom stereocenters. The predicted octanol–water partition coefficient (Wildman–Crippen LogP) is 4.78. The standard InChI is InChI=1S/C22H22F6N2O5S/c1-34-17-5-6-18(35-2)19(11-17)36(32,33)30-7-3-4-13(12-30)20(31)29-16-9-14(21(23,24)25)8-15(10-16)22(26,27)28/h5-6,8-11,13H,3-4,7,12H2,1-2H3,(H,29,31)/t13-/m1/s1. The number of nitrogens with one attached hydrogen (secondary N) is 1. The molecule has 0 saturated carbocycles. The zero-order valence-corrected chi connectivity index (χ0v) is 19.9. The number of hydrogen-bond acceptors (Lipinski definition) is 5. The number of sulfonamides is 1. The highest BCUT2D eigenvalue weighted by Gasteiger charge is 2.38. The van der Waals surface area contributed by atoms with Gasteiger partial charge in [0, 0.05) is 24.8 Å². The number of halogens is 6. The highest BCUT2D eigenvalue weighted by atomic mass is 32.2. The van der Waals surface area contributed by atoms with Crippen molar-refractivity contribution in [2.24, 2.45) is 5.92 Å². The van der Waals surface area contributed by atoms with Gasteiger partial charge in [-0.3, -0.25) is 4.79 Å². The van der Waals surface area contributed by atoms with E-state index < -0.39 is 51.0 Å². The lowest BCUT2D eigenvalue weighted by molar-refractivity contribution is -0.143. The van der Waals surface area contributed by atoms with Crippen LogP contribution >= 0.6 is 0 Å². The predicted molar refractivity (Wildman–Crippen MR) is 116 cm³/mol. The van der Waals surface area contributed by atoms with Gasteiger partial charge >= 0.3 is 12.4 Å². The van der Waals surface area contributed by atoms with Crippen molar-refractivity contribution in [3.63, 3.8) is 0 Å². The van der Waals surface area contributed by atoms with Crippen LogP contribution in [0.25, 0.3) is 0 Å². The van der Waals surface area contributed by atoms with Crippen molar-refractivity contribution >= 4 is 21.6 Å². The largest absolute Gasteiger partial charge is 0.497 e. The topological polar surface area (TPSA) is 84.9 Å². The highest BCUT2D eigenvalue weighted by molar-refractivity contribution is 7.89. The number of carbonyl (C=O) groups is 1. The summed E-state index contributed by atoms with van der Waals surface area (Å²) in [7, 11) is -1.56. The Morgan fingerprint density at radius 1 is 0.972 bits per heavy atom. The van der Waals surface area contributed by atoms with Gasteiger partial charge < -0.3 is 14.8 Å². The number of anilines is 1. The first-order valence-electron chi connectivity index (χ1n) is 10.5. The van der Waals surface area contributed by atoms with Crippen LogP contribution in [0.5, 0.6) is 11.5 Å². The van der Waals surface area contributed by atoms with E-state index in [1.807, 2.05) is 0 Å². The minimum Gasteiger partial charge on any atom is -0.497 e. The molecule has 1 fully saturated rings. The summed E-state index contributed by atoms with van der Waals surface area (Å²) < 4.78 is 116. The fourth-order valence-electron chi connectivity index (χ4n) is 3.77. The zero-order valence-electron chi connectivity index (χ0n) is 19.0. The second-order valence-electron chi connectivity index (χ2n) is 8.00. The summed E-state index contributed by atoms with van der Waals surface area (Å²) in [5.41, 5.74) is -3.85. The third kappa shape index (κ3) is 6.03. The third-order valence-electron chi connectivity index (χ3n) is 5.60. The molecule has 7 nitrogen and oxygen atoms in total. The maximum absolute atomic E-state index is 13.3. The molecule has 1 saturated heterocycles. The molecule has 1 amide bonds. The van der Waals surface area contributed by atoms with Gasteiger partial charge in [0.25, 0.3) is 0 Å². The van der Waals surface area contributed by atoms with Gasteiger partial charge in [-0.25, -0.2) is 8.42 Å². The molecule has 0 aliphatic carbocycles. The van der Waals surface area contributed by atoms with Crippen LogP contribution in [0.3, 0.4) is 0 Å². The van der Waals surface area contributed by atoms with E-state index in [0.29, 0.717) is 12.1 Å². The van der Waals surface area contributed by atoms with Crippen molar-refractivity contribution in [1.82, 2.24) is 4.31 Å². The average molecular weight is 540 g/mol. The summed E-state index contributed by atoms with van der Waals surface area (Å²) in [6, 6.07) is 4.88. The van der Waals surface area contributed by atoms with Gasteiger partial charge in [0.2, 0.25) is 15.9 Å². The SMILES string of the molecule is COc1ccc(OC)c(S(=O)(=O)N2CCC[C@@H](C(=O)Nc3cc(C(F)(F)F)cc(C(F)(F)F)c3)C2)c1. The molecule has 36 heavy (non-hydrogen) atoms. The van der Waals surface area contributed by atoms with E-state index in [0.717, 1.165) is 4.31 Å². The smallest absolute Gasteiger partial charge is 0.416 e. The Morgan fingerprint density at radius 2 is 1.58 bits per heavy atom. The highest BCUT2D eigenvalue weighted by Crippen LogP contribution is 2.38. The lowest BCUT2D eigenvalue weighted by Crippen LogP contribution is -2.43. The number of piperidine rings is 1. The molecule has 1 aliphatic rings. The van der Waals surface area contributed by atoms with Crippen LogP contribution in [0.2, 0.25) is 0 Å². The lowest BCUT2D eigenvalue weighted by atomic mass is 9.98. The summed E-state index contributed by atoms with van der Waals surface area (Å²) in [4.78, 5) is 12.6. The normalized spacial score (nSPS) is 17.5. The molecule has 0 spiro atoms. The van der Waals surface area contributed by atoms with Crippen LogP contribution < -0.4 is 14.8 Å². The number of carbonyl (C=O) groups excluding carboxylic acids is 1. The summed E-state index contributed by atoms with van der Waals surface area (Å²) in [5.74, 6) is -1.65. The van der Waals surface area contributed by atoms with Gasteiger partial charge in [0.15, 0.2) is 0 Å². The van der Waals surface area contributed by atoms with E-state index in [1.54, 1.807) is 0 Å². The number of methoxy groups -OCH3 is 2. The Kier molecular flexibility index (Phi) is 7.79. The number of nitrogens with zero attached hydrogens (tertiary/aromatic N) is 1. The van der Waals surface area contributed by atoms with Crippen molar-refractivity contribution in [2.75, 3.05) is 32.6 Å². The summed E-state index contributed by atoms with van der Waals surface area (Å²) in [6.45, 7) is -0.284. The fraction of sp³-hybridized carbons (Fsp3) is 0.409. The second-order valence-corrected chi connectivity index (χ2v) is 9.91. The van der Waals surface area contributed by atoms with E-state index in [2.05, 4.69) is 5.32 Å².